The fourth-order valence-corrected chi connectivity index (χ4v) is 3.29. The third kappa shape index (κ3) is 3.87. The highest BCUT2D eigenvalue weighted by atomic mass is 35.5. The number of rotatable bonds is 3. The maximum atomic E-state index is 10.8. The monoisotopic (exact) mass is 325 g/mol. The van der Waals surface area contributed by atoms with Gasteiger partial charge in [0.05, 0.1) is 0 Å². The van der Waals surface area contributed by atoms with Crippen LogP contribution in [0.1, 0.15) is 18.5 Å². The lowest BCUT2D eigenvalue weighted by molar-refractivity contribution is -0.119. The van der Waals surface area contributed by atoms with E-state index in [4.69, 9.17) is 0 Å². The van der Waals surface area contributed by atoms with E-state index in [2.05, 4.69) is 25.8 Å². The summed E-state index contributed by atoms with van der Waals surface area (Å²) in [6.45, 7) is 8.00. The van der Waals surface area contributed by atoms with E-state index in [1.54, 1.807) is 6.33 Å². The maximum Gasteiger partial charge on any atom is 0.209 e. The van der Waals surface area contributed by atoms with Crippen LogP contribution in [0.5, 0.6) is 0 Å². The second-order valence-electron chi connectivity index (χ2n) is 5.91. The molecule has 0 N–H and O–H groups in total. The van der Waals surface area contributed by atoms with E-state index in [9.17, 15) is 4.79 Å². The van der Waals surface area contributed by atoms with Crippen molar-refractivity contribution >= 4 is 24.6 Å². The average molecular weight is 326 g/mol. The second-order valence-corrected chi connectivity index (χ2v) is 5.91. The summed E-state index contributed by atoms with van der Waals surface area (Å²) >= 11 is 0. The van der Waals surface area contributed by atoms with Gasteiger partial charge in [0.1, 0.15) is 12.1 Å². The molecule has 1 aromatic heterocycles. The number of aromatic nitrogens is 2. The Morgan fingerprint density at radius 3 is 2.36 bits per heavy atom. The fourth-order valence-electron chi connectivity index (χ4n) is 3.29. The van der Waals surface area contributed by atoms with E-state index >= 15 is 0 Å². The first kappa shape index (κ1) is 17.0. The van der Waals surface area contributed by atoms with Crippen LogP contribution in [0.15, 0.2) is 12.4 Å². The predicted molar refractivity (Wildman–Crippen MR) is 88.5 cm³/mol. The predicted octanol–water partition coefficient (Wildman–Crippen LogP) is 0.950. The minimum absolute atomic E-state index is 0. The minimum Gasteiger partial charge on any atom is -0.354 e. The molecule has 3 heterocycles. The number of hydrogen-bond acceptors (Lipinski definition) is 5. The van der Waals surface area contributed by atoms with Crippen LogP contribution in [-0.2, 0) is 4.79 Å². The van der Waals surface area contributed by atoms with Gasteiger partial charge in [-0.3, -0.25) is 9.69 Å². The molecule has 122 valence electrons. The van der Waals surface area contributed by atoms with Crippen molar-refractivity contribution in [3.63, 3.8) is 0 Å². The van der Waals surface area contributed by atoms with E-state index in [1.807, 2.05) is 11.8 Å². The minimum atomic E-state index is 0. The van der Waals surface area contributed by atoms with E-state index < -0.39 is 0 Å². The van der Waals surface area contributed by atoms with Crippen molar-refractivity contribution in [2.24, 2.45) is 0 Å². The van der Waals surface area contributed by atoms with Crippen LogP contribution in [0.3, 0.4) is 0 Å². The van der Waals surface area contributed by atoms with Crippen molar-refractivity contribution in [1.29, 1.82) is 0 Å². The summed E-state index contributed by atoms with van der Waals surface area (Å²) in [5.41, 5.74) is 1.02. The van der Waals surface area contributed by atoms with Gasteiger partial charge in [0.25, 0.3) is 0 Å². The molecule has 0 unspecified atom stereocenters. The number of halogens is 1. The molecule has 0 bridgehead atoms. The van der Waals surface area contributed by atoms with E-state index in [1.165, 1.54) is 0 Å². The molecule has 22 heavy (non-hydrogen) atoms. The Kier molecular flexibility index (Phi) is 5.97. The molecule has 6 nitrogen and oxygen atoms in total. The van der Waals surface area contributed by atoms with Crippen molar-refractivity contribution < 1.29 is 4.79 Å². The zero-order chi connectivity index (χ0) is 14.7. The summed E-state index contributed by atoms with van der Waals surface area (Å²) in [5.74, 6) is 1.04. The van der Waals surface area contributed by atoms with Crippen LogP contribution in [0.4, 0.5) is 5.82 Å². The van der Waals surface area contributed by atoms with Crippen LogP contribution >= 0.6 is 12.4 Å². The molecule has 1 amide bonds. The van der Waals surface area contributed by atoms with E-state index in [-0.39, 0.29) is 12.4 Å². The van der Waals surface area contributed by atoms with Gasteiger partial charge in [-0.25, -0.2) is 9.97 Å². The lowest BCUT2D eigenvalue weighted by Gasteiger charge is -2.42. The summed E-state index contributed by atoms with van der Waals surface area (Å²) in [7, 11) is 0. The van der Waals surface area contributed by atoms with E-state index in [0.29, 0.717) is 6.04 Å². The topological polar surface area (TPSA) is 52.6 Å². The fraction of sp³-hybridized carbons (Fsp3) is 0.667. The molecule has 0 radical (unpaired) electrons. The van der Waals surface area contributed by atoms with Crippen molar-refractivity contribution in [2.75, 3.05) is 44.2 Å². The molecule has 7 heteroatoms. The standard InChI is InChI=1S/C15H23N5O.ClH/c1-13-10-15(17-11-16-13)20-8-6-19(7-9-20)14-2-4-18(12-21)5-3-14;/h10-12,14H,2-9H2,1H3;1H. The number of aryl methyl sites for hydroxylation is 1. The first-order chi connectivity index (χ1) is 10.3. The summed E-state index contributed by atoms with van der Waals surface area (Å²) in [6.07, 6.45) is 4.83. The van der Waals surface area contributed by atoms with Crippen LogP contribution < -0.4 is 4.90 Å². The largest absolute Gasteiger partial charge is 0.354 e. The molecular formula is C15H24ClN5O. The number of amides is 1. The molecule has 0 atom stereocenters. The molecule has 0 aliphatic carbocycles. The summed E-state index contributed by atoms with van der Waals surface area (Å²) < 4.78 is 0. The van der Waals surface area contributed by atoms with Gasteiger partial charge in [-0.15, -0.1) is 12.4 Å². The van der Waals surface area contributed by atoms with Gasteiger partial charge in [0.2, 0.25) is 6.41 Å². The van der Waals surface area contributed by atoms with Crippen molar-refractivity contribution in [3.8, 4) is 0 Å². The molecule has 1 aromatic rings. The Bertz CT molecular complexity index is 485. The molecule has 0 saturated carbocycles. The molecule has 2 saturated heterocycles. The summed E-state index contributed by atoms with van der Waals surface area (Å²) in [6, 6.07) is 2.69. The van der Waals surface area contributed by atoms with Crippen LogP contribution in [0, 0.1) is 6.92 Å². The Balaban J connectivity index is 0.00000176. The third-order valence-electron chi connectivity index (χ3n) is 4.59. The molecule has 0 spiro atoms. The van der Waals surface area contributed by atoms with Crippen LogP contribution in [0.25, 0.3) is 0 Å². The normalized spacial score (nSPS) is 20.6. The SMILES string of the molecule is Cc1cc(N2CCN(C3CCN(C=O)CC3)CC2)ncn1.Cl. The van der Waals surface area contributed by atoms with E-state index in [0.717, 1.165) is 70.0 Å². The molecule has 2 aliphatic heterocycles. The smallest absolute Gasteiger partial charge is 0.209 e. The number of anilines is 1. The zero-order valence-electron chi connectivity index (χ0n) is 13.0. The number of carbonyl (C=O) groups excluding carboxylic acids is 1. The first-order valence-corrected chi connectivity index (χ1v) is 7.73. The highest BCUT2D eigenvalue weighted by molar-refractivity contribution is 5.85. The number of piperidine rings is 1. The molecule has 2 fully saturated rings. The van der Waals surface area contributed by atoms with Gasteiger partial charge in [-0.1, -0.05) is 0 Å². The Labute approximate surface area is 137 Å². The number of piperazine rings is 1. The molecule has 3 rings (SSSR count). The number of likely N-dealkylation sites (tertiary alicyclic amines) is 1. The molecule has 2 aliphatic rings. The molecule has 0 aromatic carbocycles. The van der Waals surface area contributed by atoms with Crippen LogP contribution in [-0.4, -0.2) is 71.5 Å². The first-order valence-electron chi connectivity index (χ1n) is 7.73. The van der Waals surface area contributed by atoms with Crippen molar-refractivity contribution in [1.82, 2.24) is 19.8 Å². The van der Waals surface area contributed by atoms with Gasteiger partial charge in [-0.2, -0.15) is 0 Å². The average Bonchev–Trinajstić information content (AvgIpc) is 2.55. The Hall–Kier alpha value is -1.40. The third-order valence-corrected chi connectivity index (χ3v) is 4.59. The van der Waals surface area contributed by atoms with Gasteiger partial charge < -0.3 is 9.80 Å². The lowest BCUT2D eigenvalue weighted by Crippen LogP contribution is -2.53. The van der Waals surface area contributed by atoms with Gasteiger partial charge in [0.15, 0.2) is 0 Å². The summed E-state index contributed by atoms with van der Waals surface area (Å²) in [5, 5.41) is 0. The van der Waals surface area contributed by atoms with Gasteiger partial charge >= 0.3 is 0 Å². The second kappa shape index (κ2) is 7.74. The number of hydrogen-bond donors (Lipinski definition) is 0. The lowest BCUT2D eigenvalue weighted by atomic mass is 10.0. The van der Waals surface area contributed by atoms with Crippen LogP contribution in [0.2, 0.25) is 0 Å². The highest BCUT2D eigenvalue weighted by Crippen LogP contribution is 2.19. The van der Waals surface area contributed by atoms with Gasteiger partial charge in [-0.05, 0) is 19.8 Å². The maximum absolute atomic E-state index is 10.8. The van der Waals surface area contributed by atoms with Crippen molar-refractivity contribution in [2.45, 2.75) is 25.8 Å². The quantitative estimate of drug-likeness (QED) is 0.775. The summed E-state index contributed by atoms with van der Waals surface area (Å²) in [4.78, 5) is 26.1. The Morgan fingerprint density at radius 1 is 1.09 bits per heavy atom. The Morgan fingerprint density at radius 2 is 1.77 bits per heavy atom. The highest BCUT2D eigenvalue weighted by Gasteiger charge is 2.27. The van der Waals surface area contributed by atoms with Crippen molar-refractivity contribution in [3.05, 3.63) is 18.1 Å². The number of carbonyl (C=O) groups is 1. The molecular weight excluding hydrogens is 302 g/mol. The zero-order valence-corrected chi connectivity index (χ0v) is 13.8. The van der Waals surface area contributed by atoms with Gasteiger partial charge in [0, 0.05) is 57.1 Å². The number of nitrogens with zero attached hydrogens (tertiary/aromatic N) is 5.